The lowest BCUT2D eigenvalue weighted by molar-refractivity contribution is -0.140. The average molecular weight is 598 g/mol. The Morgan fingerprint density at radius 1 is 0.927 bits per heavy atom. The highest BCUT2D eigenvalue weighted by Crippen LogP contribution is 2.27. The first-order valence-electron chi connectivity index (χ1n) is 14.0. The van der Waals surface area contributed by atoms with E-state index in [2.05, 4.69) is 19.2 Å². The van der Waals surface area contributed by atoms with Crippen molar-refractivity contribution in [2.45, 2.75) is 70.9 Å². The molecule has 0 bridgehead atoms. The van der Waals surface area contributed by atoms with Crippen LogP contribution in [0.15, 0.2) is 77.7 Å². The third kappa shape index (κ3) is 8.11. The zero-order chi connectivity index (χ0) is 30.2. The van der Waals surface area contributed by atoms with Crippen LogP contribution in [0.5, 0.6) is 0 Å². The fraction of sp³-hybridized carbons (Fsp3) is 0.375. The largest absolute Gasteiger partial charge is 0.354 e. The minimum absolute atomic E-state index is 0.0568. The van der Waals surface area contributed by atoms with Crippen LogP contribution in [0.3, 0.4) is 0 Å². The molecule has 3 aromatic rings. The molecule has 0 saturated heterocycles. The van der Waals surface area contributed by atoms with Crippen LogP contribution < -0.4 is 9.62 Å². The van der Waals surface area contributed by atoms with Crippen LogP contribution in [-0.4, -0.2) is 44.3 Å². The van der Waals surface area contributed by atoms with Gasteiger partial charge in [-0.3, -0.25) is 13.9 Å². The molecule has 41 heavy (non-hydrogen) atoms. The monoisotopic (exact) mass is 597 g/mol. The third-order valence-electron chi connectivity index (χ3n) is 6.97. The van der Waals surface area contributed by atoms with Gasteiger partial charge in [0, 0.05) is 18.1 Å². The van der Waals surface area contributed by atoms with Gasteiger partial charge in [-0.05, 0) is 67.1 Å². The molecule has 0 radical (unpaired) electrons. The van der Waals surface area contributed by atoms with E-state index in [1.807, 2.05) is 39.0 Å². The molecule has 0 fully saturated rings. The van der Waals surface area contributed by atoms with Gasteiger partial charge in [0.25, 0.3) is 10.0 Å². The maximum Gasteiger partial charge on any atom is 0.264 e. The van der Waals surface area contributed by atoms with Gasteiger partial charge in [-0.2, -0.15) is 0 Å². The summed E-state index contributed by atoms with van der Waals surface area (Å²) in [7, 11) is -4.12. The predicted molar refractivity (Wildman–Crippen MR) is 166 cm³/mol. The molecule has 7 nitrogen and oxygen atoms in total. The number of benzene rings is 3. The molecule has 9 heteroatoms. The van der Waals surface area contributed by atoms with Crippen molar-refractivity contribution in [2.75, 3.05) is 17.4 Å². The Morgan fingerprint density at radius 2 is 1.56 bits per heavy atom. The second-order valence-corrected chi connectivity index (χ2v) is 12.7. The Morgan fingerprint density at radius 3 is 2.12 bits per heavy atom. The number of carbonyl (C=O) groups excluding carboxylic acids is 2. The highest BCUT2D eigenvalue weighted by molar-refractivity contribution is 7.92. The van der Waals surface area contributed by atoms with Crippen LogP contribution >= 0.6 is 11.6 Å². The number of anilines is 1. The summed E-state index contributed by atoms with van der Waals surface area (Å²) >= 11 is 6.45. The summed E-state index contributed by atoms with van der Waals surface area (Å²) in [5, 5.41) is 3.35. The molecule has 1 atom stereocenters. The number of aryl methyl sites for hydroxylation is 1. The van der Waals surface area contributed by atoms with E-state index in [0.717, 1.165) is 21.9 Å². The number of carbonyl (C=O) groups is 2. The van der Waals surface area contributed by atoms with Gasteiger partial charge in [0.15, 0.2) is 0 Å². The van der Waals surface area contributed by atoms with E-state index >= 15 is 0 Å². The number of rotatable bonds is 13. The number of nitrogens with zero attached hydrogens (tertiary/aromatic N) is 2. The van der Waals surface area contributed by atoms with Gasteiger partial charge in [-0.25, -0.2) is 8.42 Å². The molecule has 0 unspecified atom stereocenters. The summed E-state index contributed by atoms with van der Waals surface area (Å²) in [4.78, 5) is 28.8. The summed E-state index contributed by atoms with van der Waals surface area (Å²) in [5.41, 5.74) is 3.00. The molecule has 0 spiro atoms. The van der Waals surface area contributed by atoms with E-state index in [1.54, 1.807) is 54.6 Å². The Labute approximate surface area is 249 Å². The van der Waals surface area contributed by atoms with Crippen molar-refractivity contribution in [1.29, 1.82) is 0 Å². The molecule has 0 saturated carbocycles. The van der Waals surface area contributed by atoms with Crippen LogP contribution in [0.4, 0.5) is 5.69 Å². The number of sulfonamides is 1. The fourth-order valence-corrected chi connectivity index (χ4v) is 6.10. The molecule has 1 N–H and O–H groups in total. The van der Waals surface area contributed by atoms with E-state index in [1.165, 1.54) is 4.90 Å². The van der Waals surface area contributed by atoms with Crippen molar-refractivity contribution in [1.82, 2.24) is 10.2 Å². The minimum Gasteiger partial charge on any atom is -0.354 e. The smallest absolute Gasteiger partial charge is 0.264 e. The van der Waals surface area contributed by atoms with E-state index in [-0.39, 0.29) is 23.3 Å². The number of hydrogen-bond acceptors (Lipinski definition) is 4. The SMILES string of the molecule is CCCNC(=O)[C@@H](CC)N(Cc1ccccc1Cl)C(=O)CN(c1ccc(C(C)C)cc1)S(=O)(=O)c1ccc(C)cc1. The van der Waals surface area contributed by atoms with Crippen molar-refractivity contribution >= 4 is 39.1 Å². The van der Waals surface area contributed by atoms with Crippen molar-refractivity contribution in [2.24, 2.45) is 0 Å². The molecular formula is C32H40ClN3O4S. The summed E-state index contributed by atoms with van der Waals surface area (Å²) in [5.74, 6) is -0.540. The van der Waals surface area contributed by atoms with Crippen LogP contribution in [0, 0.1) is 6.92 Å². The molecular weight excluding hydrogens is 558 g/mol. The van der Waals surface area contributed by atoms with Crippen LogP contribution in [0.25, 0.3) is 0 Å². The Bertz CT molecular complexity index is 1420. The lowest BCUT2D eigenvalue weighted by Crippen LogP contribution is -2.52. The molecule has 0 aromatic heterocycles. The van der Waals surface area contributed by atoms with Gasteiger partial charge in [0.2, 0.25) is 11.8 Å². The third-order valence-corrected chi connectivity index (χ3v) is 9.13. The van der Waals surface area contributed by atoms with E-state index < -0.39 is 28.5 Å². The van der Waals surface area contributed by atoms with Gasteiger partial charge in [-0.1, -0.05) is 87.3 Å². The van der Waals surface area contributed by atoms with Crippen molar-refractivity contribution in [3.63, 3.8) is 0 Å². The summed E-state index contributed by atoms with van der Waals surface area (Å²) in [6.45, 7) is 9.81. The van der Waals surface area contributed by atoms with E-state index in [4.69, 9.17) is 11.6 Å². The second kappa shape index (κ2) is 14.5. The zero-order valence-electron chi connectivity index (χ0n) is 24.4. The first-order chi connectivity index (χ1) is 19.5. The van der Waals surface area contributed by atoms with Crippen molar-refractivity contribution in [3.05, 3.63) is 94.5 Å². The van der Waals surface area contributed by atoms with Crippen LogP contribution in [-0.2, 0) is 26.2 Å². The normalized spacial score (nSPS) is 12.2. The molecule has 3 aromatic carbocycles. The van der Waals surface area contributed by atoms with E-state index in [0.29, 0.717) is 29.2 Å². The van der Waals surface area contributed by atoms with Gasteiger partial charge in [-0.15, -0.1) is 0 Å². The van der Waals surface area contributed by atoms with Crippen LogP contribution in [0.1, 0.15) is 63.1 Å². The first kappa shape index (κ1) is 32.2. The Kier molecular flexibility index (Phi) is 11.4. The highest BCUT2D eigenvalue weighted by atomic mass is 35.5. The summed E-state index contributed by atoms with van der Waals surface area (Å²) < 4.78 is 29.1. The zero-order valence-corrected chi connectivity index (χ0v) is 26.0. The Balaban J connectivity index is 2.07. The van der Waals surface area contributed by atoms with Crippen LogP contribution in [0.2, 0.25) is 5.02 Å². The van der Waals surface area contributed by atoms with Crippen molar-refractivity contribution in [3.8, 4) is 0 Å². The molecule has 2 amide bonds. The summed E-state index contributed by atoms with van der Waals surface area (Å²) in [6, 6.07) is 20.0. The molecule has 0 aliphatic rings. The van der Waals surface area contributed by atoms with Crippen molar-refractivity contribution < 1.29 is 18.0 Å². The lowest BCUT2D eigenvalue weighted by atomic mass is 10.0. The first-order valence-corrected chi connectivity index (χ1v) is 15.8. The number of amides is 2. The number of nitrogens with one attached hydrogen (secondary N) is 1. The van der Waals surface area contributed by atoms with Gasteiger partial charge >= 0.3 is 0 Å². The molecule has 220 valence electrons. The fourth-order valence-electron chi connectivity index (χ4n) is 4.49. The minimum atomic E-state index is -4.12. The molecule has 3 rings (SSSR count). The second-order valence-electron chi connectivity index (χ2n) is 10.4. The van der Waals surface area contributed by atoms with E-state index in [9.17, 15) is 18.0 Å². The molecule has 0 aliphatic heterocycles. The molecule has 0 aliphatic carbocycles. The maximum absolute atomic E-state index is 14.1. The molecule has 0 heterocycles. The van der Waals surface area contributed by atoms with Gasteiger partial charge < -0.3 is 10.2 Å². The standard InChI is InChI=1S/C32H40ClN3O4S/c1-6-20-34-32(38)30(7-2)35(21-26-10-8-9-11-29(26)33)31(37)22-36(27-16-14-25(15-17-27)23(3)4)41(39,40)28-18-12-24(5)13-19-28/h8-19,23,30H,6-7,20-22H2,1-5H3,(H,34,38)/t30-/m1/s1. The topological polar surface area (TPSA) is 86.8 Å². The lowest BCUT2D eigenvalue weighted by Gasteiger charge is -2.33. The number of hydrogen-bond donors (Lipinski definition) is 1. The Hall–Kier alpha value is -3.36. The average Bonchev–Trinajstić information content (AvgIpc) is 2.95. The maximum atomic E-state index is 14.1. The highest BCUT2D eigenvalue weighted by Gasteiger charge is 2.34. The number of halogens is 1. The summed E-state index contributed by atoms with van der Waals surface area (Å²) in [6.07, 6.45) is 1.09. The predicted octanol–water partition coefficient (Wildman–Crippen LogP) is 6.30. The van der Waals surface area contributed by atoms with Gasteiger partial charge in [0.1, 0.15) is 12.6 Å². The van der Waals surface area contributed by atoms with Gasteiger partial charge in [0.05, 0.1) is 10.6 Å². The quantitative estimate of drug-likeness (QED) is 0.250.